The third-order valence-electron chi connectivity index (χ3n) is 5.88. The minimum absolute atomic E-state index is 0.0501. The molecule has 24 heavy (non-hydrogen) atoms. The van der Waals surface area contributed by atoms with Crippen molar-refractivity contribution in [1.29, 1.82) is 0 Å². The van der Waals surface area contributed by atoms with Crippen molar-refractivity contribution >= 4 is 9.84 Å². The highest BCUT2D eigenvalue weighted by atomic mass is 32.2. The summed E-state index contributed by atoms with van der Waals surface area (Å²) >= 11 is 0. The highest BCUT2D eigenvalue weighted by Gasteiger charge is 2.46. The number of hydrogen-bond acceptors (Lipinski definition) is 4. The van der Waals surface area contributed by atoms with E-state index in [1.807, 2.05) is 12.1 Å². The first kappa shape index (κ1) is 17.8. The van der Waals surface area contributed by atoms with Crippen LogP contribution < -0.4 is 0 Å². The molecule has 0 aliphatic carbocycles. The van der Waals surface area contributed by atoms with Crippen LogP contribution in [0.15, 0.2) is 24.3 Å². The summed E-state index contributed by atoms with van der Waals surface area (Å²) in [5.74, 6) is -0.0160. The molecule has 0 aromatic heterocycles. The summed E-state index contributed by atoms with van der Waals surface area (Å²) in [4.78, 5) is 2.20. The molecule has 0 amide bonds. The third kappa shape index (κ3) is 3.37. The molecule has 1 atom stereocenters. The predicted molar refractivity (Wildman–Crippen MR) is 92.2 cm³/mol. The summed E-state index contributed by atoms with van der Waals surface area (Å²) in [7, 11) is -3.00. The second-order valence-corrected chi connectivity index (χ2v) is 10.1. The van der Waals surface area contributed by atoms with Crippen LogP contribution in [0.25, 0.3) is 0 Å². The molecule has 0 radical (unpaired) electrons. The van der Waals surface area contributed by atoms with Crippen LogP contribution >= 0.6 is 0 Å². The average molecular weight is 355 g/mol. The normalized spacial score (nSPS) is 28.8. The molecule has 1 aromatic carbocycles. The van der Waals surface area contributed by atoms with Crippen molar-refractivity contribution in [1.82, 2.24) is 4.90 Å². The summed E-state index contributed by atoms with van der Waals surface area (Å²) in [5, 5.41) is 10.8. The van der Waals surface area contributed by atoms with Gasteiger partial charge in [0.15, 0.2) is 9.84 Å². The molecular weight excluding hydrogens is 329 g/mol. The van der Waals surface area contributed by atoms with Crippen molar-refractivity contribution < 1.29 is 17.9 Å². The van der Waals surface area contributed by atoms with Gasteiger partial charge in [0.2, 0.25) is 0 Å². The van der Waals surface area contributed by atoms with Gasteiger partial charge in [-0.25, -0.2) is 12.8 Å². The fourth-order valence-corrected chi connectivity index (χ4v) is 5.74. The number of halogens is 1. The lowest BCUT2D eigenvalue weighted by Gasteiger charge is -2.42. The zero-order valence-corrected chi connectivity index (χ0v) is 15.2. The molecular formula is C18H26FNO3S. The second-order valence-electron chi connectivity index (χ2n) is 7.81. The lowest BCUT2D eigenvalue weighted by Crippen LogP contribution is -2.53. The Labute approximate surface area is 143 Å². The standard InChI is InChI=1S/C18H26FNO3S/c1-17(2)15(14-5-3-4-6-16(14)19)7-10-20(17)13-18(21)8-11-24(22,23)12-9-18/h3-6,15,21H,7-13H2,1-2H3. The Morgan fingerprint density at radius 3 is 2.50 bits per heavy atom. The van der Waals surface area contributed by atoms with Crippen LogP contribution in [0.3, 0.4) is 0 Å². The van der Waals surface area contributed by atoms with E-state index in [-0.39, 0.29) is 41.6 Å². The maximum Gasteiger partial charge on any atom is 0.150 e. The van der Waals surface area contributed by atoms with Gasteiger partial charge in [0.1, 0.15) is 5.82 Å². The molecule has 1 unspecified atom stereocenters. The van der Waals surface area contributed by atoms with Crippen LogP contribution in [-0.2, 0) is 9.84 Å². The quantitative estimate of drug-likeness (QED) is 0.904. The Morgan fingerprint density at radius 1 is 1.25 bits per heavy atom. The van der Waals surface area contributed by atoms with E-state index in [1.165, 1.54) is 6.07 Å². The second kappa shape index (κ2) is 6.07. The van der Waals surface area contributed by atoms with E-state index in [1.54, 1.807) is 6.07 Å². The van der Waals surface area contributed by atoms with Gasteiger partial charge < -0.3 is 5.11 Å². The maximum absolute atomic E-state index is 14.2. The molecule has 2 heterocycles. The van der Waals surface area contributed by atoms with Gasteiger partial charge in [0.25, 0.3) is 0 Å². The predicted octanol–water partition coefficient (Wildman–Crippen LogP) is 2.33. The van der Waals surface area contributed by atoms with Gasteiger partial charge in [-0.05, 0) is 51.3 Å². The molecule has 2 aliphatic rings. The molecule has 134 valence electrons. The van der Waals surface area contributed by atoms with E-state index in [9.17, 15) is 17.9 Å². The van der Waals surface area contributed by atoms with Gasteiger partial charge in [0, 0.05) is 18.0 Å². The number of benzene rings is 1. The van der Waals surface area contributed by atoms with Crippen molar-refractivity contribution in [3.63, 3.8) is 0 Å². The van der Waals surface area contributed by atoms with Crippen LogP contribution in [0.1, 0.15) is 44.6 Å². The zero-order chi connectivity index (χ0) is 17.6. The highest BCUT2D eigenvalue weighted by Crippen LogP contribution is 2.43. The third-order valence-corrected chi connectivity index (χ3v) is 7.53. The molecule has 6 heteroatoms. The Bertz CT molecular complexity index is 703. The van der Waals surface area contributed by atoms with Crippen molar-refractivity contribution in [2.75, 3.05) is 24.6 Å². The number of aliphatic hydroxyl groups is 1. The minimum Gasteiger partial charge on any atom is -0.388 e. The first-order chi connectivity index (χ1) is 11.1. The van der Waals surface area contributed by atoms with Crippen LogP contribution in [-0.4, -0.2) is 54.2 Å². The average Bonchev–Trinajstić information content (AvgIpc) is 2.79. The van der Waals surface area contributed by atoms with Gasteiger partial charge >= 0.3 is 0 Å². The van der Waals surface area contributed by atoms with Gasteiger partial charge in [-0.1, -0.05) is 18.2 Å². The first-order valence-electron chi connectivity index (χ1n) is 8.55. The lowest BCUT2D eigenvalue weighted by molar-refractivity contribution is -0.0221. The van der Waals surface area contributed by atoms with Gasteiger partial charge in [-0.2, -0.15) is 0 Å². The van der Waals surface area contributed by atoms with Crippen LogP contribution in [0.4, 0.5) is 4.39 Å². The molecule has 0 bridgehead atoms. The Morgan fingerprint density at radius 2 is 1.88 bits per heavy atom. The fraction of sp³-hybridized carbons (Fsp3) is 0.667. The first-order valence-corrected chi connectivity index (χ1v) is 10.4. The molecule has 0 spiro atoms. The number of likely N-dealkylation sites (tertiary alicyclic amines) is 1. The topological polar surface area (TPSA) is 57.6 Å². The van der Waals surface area contributed by atoms with Crippen LogP contribution in [0.2, 0.25) is 0 Å². The molecule has 4 nitrogen and oxygen atoms in total. The van der Waals surface area contributed by atoms with Crippen LogP contribution in [0.5, 0.6) is 0 Å². The zero-order valence-electron chi connectivity index (χ0n) is 14.3. The summed E-state index contributed by atoms with van der Waals surface area (Å²) in [5.41, 5.74) is -0.524. The maximum atomic E-state index is 14.2. The summed E-state index contributed by atoms with van der Waals surface area (Å²) in [6, 6.07) is 6.89. The molecule has 2 saturated heterocycles. The summed E-state index contributed by atoms with van der Waals surface area (Å²) < 4.78 is 37.4. The van der Waals surface area contributed by atoms with E-state index in [4.69, 9.17) is 0 Å². The SMILES string of the molecule is CC1(C)C(c2ccccc2F)CCN1CC1(O)CCS(=O)(=O)CC1. The molecule has 3 rings (SSSR count). The Kier molecular flexibility index (Phi) is 4.51. The number of β-amino-alcohol motifs (C(OH)–C–C–N with tert-alkyl or cyclic N) is 1. The highest BCUT2D eigenvalue weighted by molar-refractivity contribution is 7.91. The lowest BCUT2D eigenvalue weighted by atomic mass is 9.82. The van der Waals surface area contributed by atoms with Gasteiger partial charge in [-0.15, -0.1) is 0 Å². The smallest absolute Gasteiger partial charge is 0.150 e. The van der Waals surface area contributed by atoms with E-state index in [0.29, 0.717) is 6.54 Å². The molecule has 1 aromatic rings. The fourth-order valence-electron chi connectivity index (χ4n) is 4.15. The van der Waals surface area contributed by atoms with E-state index < -0.39 is 15.4 Å². The summed E-state index contributed by atoms with van der Waals surface area (Å²) in [6.07, 6.45) is 1.40. The monoisotopic (exact) mass is 355 g/mol. The number of hydrogen-bond donors (Lipinski definition) is 1. The van der Waals surface area contributed by atoms with Crippen molar-refractivity contribution in [3.8, 4) is 0 Å². The number of sulfone groups is 1. The largest absolute Gasteiger partial charge is 0.388 e. The number of rotatable bonds is 3. The van der Waals surface area contributed by atoms with E-state index in [2.05, 4.69) is 18.7 Å². The molecule has 0 saturated carbocycles. The van der Waals surface area contributed by atoms with Crippen molar-refractivity contribution in [2.24, 2.45) is 0 Å². The molecule has 2 aliphatic heterocycles. The Hall–Kier alpha value is -0.980. The Balaban J connectivity index is 1.76. The van der Waals surface area contributed by atoms with Gasteiger partial charge in [-0.3, -0.25) is 4.90 Å². The van der Waals surface area contributed by atoms with E-state index in [0.717, 1.165) is 18.5 Å². The minimum atomic E-state index is -3.00. The number of nitrogens with zero attached hydrogens (tertiary/aromatic N) is 1. The summed E-state index contributed by atoms with van der Waals surface area (Å²) in [6.45, 7) is 5.39. The van der Waals surface area contributed by atoms with Crippen molar-refractivity contribution in [3.05, 3.63) is 35.6 Å². The molecule has 2 fully saturated rings. The van der Waals surface area contributed by atoms with Crippen molar-refractivity contribution in [2.45, 2.75) is 50.2 Å². The molecule has 1 N–H and O–H groups in total. The van der Waals surface area contributed by atoms with E-state index >= 15 is 0 Å². The van der Waals surface area contributed by atoms with Crippen LogP contribution in [0, 0.1) is 5.82 Å². The van der Waals surface area contributed by atoms with Gasteiger partial charge in [0.05, 0.1) is 17.1 Å².